The van der Waals surface area contributed by atoms with Gasteiger partial charge in [-0.1, -0.05) is 12.8 Å². The summed E-state index contributed by atoms with van der Waals surface area (Å²) in [4.78, 5) is 4.15. The lowest BCUT2D eigenvalue weighted by Crippen LogP contribution is -2.66. The van der Waals surface area contributed by atoms with Crippen LogP contribution >= 0.6 is 27.3 Å². The summed E-state index contributed by atoms with van der Waals surface area (Å²) in [7, 11) is 0. The fraction of sp³-hybridized carbons (Fsp3) is 0.733. The first-order chi connectivity index (χ1) is 9.01. The SMILES string of the molecule is CC1(C)CNC2(CCCC2)CN1Cc1sccc1Br. The molecule has 1 spiro atoms. The minimum Gasteiger partial charge on any atom is -0.308 e. The number of nitrogens with one attached hydrogen (secondary N) is 1. The number of halogens is 1. The average Bonchev–Trinajstić information content (AvgIpc) is 2.96. The Morgan fingerprint density at radius 1 is 1.37 bits per heavy atom. The van der Waals surface area contributed by atoms with E-state index in [0.29, 0.717) is 5.54 Å². The summed E-state index contributed by atoms with van der Waals surface area (Å²) in [5.74, 6) is 0. The van der Waals surface area contributed by atoms with Crippen LogP contribution in [0.15, 0.2) is 15.9 Å². The van der Waals surface area contributed by atoms with Crippen LogP contribution < -0.4 is 5.32 Å². The van der Waals surface area contributed by atoms with Gasteiger partial charge in [-0.25, -0.2) is 0 Å². The van der Waals surface area contributed by atoms with Gasteiger partial charge in [0.05, 0.1) is 0 Å². The largest absolute Gasteiger partial charge is 0.308 e. The van der Waals surface area contributed by atoms with Crippen molar-refractivity contribution in [2.24, 2.45) is 0 Å². The highest BCUT2D eigenvalue weighted by molar-refractivity contribution is 9.10. The summed E-state index contributed by atoms with van der Waals surface area (Å²) in [6, 6.07) is 2.17. The number of piperazine rings is 1. The van der Waals surface area contributed by atoms with Crippen molar-refractivity contribution in [1.29, 1.82) is 0 Å². The van der Waals surface area contributed by atoms with Crippen LogP contribution in [0.3, 0.4) is 0 Å². The molecular weight excluding hydrogens is 320 g/mol. The van der Waals surface area contributed by atoms with Crippen molar-refractivity contribution in [3.05, 3.63) is 20.8 Å². The molecule has 1 saturated carbocycles. The quantitative estimate of drug-likeness (QED) is 0.873. The molecule has 1 aliphatic heterocycles. The lowest BCUT2D eigenvalue weighted by atomic mass is 9.87. The van der Waals surface area contributed by atoms with Crippen LogP contribution in [0, 0.1) is 0 Å². The summed E-state index contributed by atoms with van der Waals surface area (Å²) in [6.45, 7) is 8.11. The van der Waals surface area contributed by atoms with Gasteiger partial charge in [0, 0.05) is 40.1 Å². The second kappa shape index (κ2) is 5.14. The smallest absolute Gasteiger partial charge is 0.0345 e. The van der Waals surface area contributed by atoms with Gasteiger partial charge >= 0.3 is 0 Å². The molecule has 19 heavy (non-hydrogen) atoms. The molecule has 1 saturated heterocycles. The molecule has 2 aliphatic rings. The van der Waals surface area contributed by atoms with Gasteiger partial charge in [0.1, 0.15) is 0 Å². The van der Waals surface area contributed by atoms with Crippen molar-refractivity contribution in [2.75, 3.05) is 13.1 Å². The van der Waals surface area contributed by atoms with E-state index >= 15 is 0 Å². The highest BCUT2D eigenvalue weighted by atomic mass is 79.9. The number of nitrogens with zero attached hydrogens (tertiary/aromatic N) is 1. The van der Waals surface area contributed by atoms with Crippen LogP contribution in [-0.4, -0.2) is 29.1 Å². The maximum atomic E-state index is 3.86. The van der Waals surface area contributed by atoms with Crippen molar-refractivity contribution < 1.29 is 0 Å². The zero-order chi connectivity index (χ0) is 13.5. The van der Waals surface area contributed by atoms with Gasteiger partial charge in [0.25, 0.3) is 0 Å². The lowest BCUT2D eigenvalue weighted by Gasteiger charge is -2.51. The summed E-state index contributed by atoms with van der Waals surface area (Å²) in [5.41, 5.74) is 0.649. The Balaban J connectivity index is 1.78. The van der Waals surface area contributed by atoms with Crippen LogP contribution in [0.2, 0.25) is 0 Å². The summed E-state index contributed by atoms with van der Waals surface area (Å²) >= 11 is 5.54. The Morgan fingerprint density at radius 2 is 2.11 bits per heavy atom. The molecule has 2 fully saturated rings. The first-order valence-corrected chi connectivity index (χ1v) is 8.90. The van der Waals surface area contributed by atoms with Crippen molar-refractivity contribution >= 4 is 27.3 Å². The molecule has 0 atom stereocenters. The van der Waals surface area contributed by atoms with Gasteiger partial charge < -0.3 is 5.32 Å². The van der Waals surface area contributed by atoms with E-state index in [4.69, 9.17) is 0 Å². The third-order valence-electron chi connectivity index (χ3n) is 4.83. The van der Waals surface area contributed by atoms with E-state index in [1.807, 2.05) is 11.3 Å². The van der Waals surface area contributed by atoms with E-state index in [0.717, 1.165) is 13.1 Å². The van der Waals surface area contributed by atoms with E-state index in [9.17, 15) is 0 Å². The fourth-order valence-corrected chi connectivity index (χ4v) is 4.91. The lowest BCUT2D eigenvalue weighted by molar-refractivity contribution is 0.0223. The first-order valence-electron chi connectivity index (χ1n) is 7.23. The molecule has 0 unspecified atom stereocenters. The van der Waals surface area contributed by atoms with Gasteiger partial charge in [-0.15, -0.1) is 11.3 Å². The topological polar surface area (TPSA) is 15.3 Å². The van der Waals surface area contributed by atoms with Gasteiger partial charge in [-0.05, 0) is 54.1 Å². The molecule has 2 heterocycles. The predicted octanol–water partition coefficient (Wildman–Crippen LogP) is 4.01. The van der Waals surface area contributed by atoms with E-state index in [1.165, 1.54) is 41.6 Å². The van der Waals surface area contributed by atoms with E-state index < -0.39 is 0 Å². The van der Waals surface area contributed by atoms with Crippen molar-refractivity contribution in [3.8, 4) is 0 Å². The standard InChI is InChI=1S/C15H23BrN2S/c1-14(2)10-17-15(6-3-4-7-15)11-18(14)9-13-12(16)5-8-19-13/h5,8,17H,3-4,6-7,9-11H2,1-2H3. The van der Waals surface area contributed by atoms with Crippen LogP contribution in [0.1, 0.15) is 44.4 Å². The Morgan fingerprint density at radius 3 is 2.74 bits per heavy atom. The van der Waals surface area contributed by atoms with Crippen LogP contribution in [0.4, 0.5) is 0 Å². The van der Waals surface area contributed by atoms with Crippen LogP contribution in [-0.2, 0) is 6.54 Å². The maximum absolute atomic E-state index is 3.86. The third-order valence-corrected chi connectivity index (χ3v) is 6.74. The minimum absolute atomic E-state index is 0.247. The molecule has 1 aromatic rings. The van der Waals surface area contributed by atoms with Gasteiger partial charge in [0.2, 0.25) is 0 Å². The molecule has 106 valence electrons. The second-order valence-corrected chi connectivity index (χ2v) is 8.56. The molecule has 4 heteroatoms. The van der Waals surface area contributed by atoms with E-state index in [-0.39, 0.29) is 5.54 Å². The maximum Gasteiger partial charge on any atom is 0.0345 e. The van der Waals surface area contributed by atoms with Gasteiger partial charge in [-0.2, -0.15) is 0 Å². The number of hydrogen-bond donors (Lipinski definition) is 1. The Labute approximate surface area is 128 Å². The van der Waals surface area contributed by atoms with Gasteiger partial charge in [-0.3, -0.25) is 4.90 Å². The molecule has 0 amide bonds. The zero-order valence-electron chi connectivity index (χ0n) is 11.8. The number of rotatable bonds is 2. The van der Waals surface area contributed by atoms with Crippen molar-refractivity contribution in [1.82, 2.24) is 10.2 Å². The Kier molecular flexibility index (Phi) is 3.80. The first kappa shape index (κ1) is 14.1. The average molecular weight is 343 g/mol. The Hall–Kier alpha value is 0.100. The second-order valence-electron chi connectivity index (χ2n) is 6.70. The van der Waals surface area contributed by atoms with Gasteiger partial charge in [0.15, 0.2) is 0 Å². The molecule has 0 aromatic carbocycles. The molecule has 1 N–H and O–H groups in total. The Bertz CT molecular complexity index is 449. The molecular formula is C15H23BrN2S. The molecule has 2 nitrogen and oxygen atoms in total. The molecule has 1 aromatic heterocycles. The van der Waals surface area contributed by atoms with Crippen molar-refractivity contribution in [2.45, 2.75) is 57.2 Å². The van der Waals surface area contributed by atoms with E-state index in [1.54, 1.807) is 0 Å². The highest BCUT2D eigenvalue weighted by Gasteiger charge is 2.44. The predicted molar refractivity (Wildman–Crippen MR) is 85.7 cm³/mol. The normalized spacial score (nSPS) is 26.1. The molecule has 3 rings (SSSR count). The summed E-state index contributed by atoms with van der Waals surface area (Å²) in [5, 5.41) is 6.04. The van der Waals surface area contributed by atoms with E-state index in [2.05, 4.69) is 51.4 Å². The van der Waals surface area contributed by atoms with Crippen LogP contribution in [0.25, 0.3) is 0 Å². The molecule has 0 bridgehead atoms. The highest BCUT2D eigenvalue weighted by Crippen LogP contribution is 2.37. The zero-order valence-corrected chi connectivity index (χ0v) is 14.2. The fourth-order valence-electron chi connectivity index (χ4n) is 3.42. The molecule has 1 aliphatic carbocycles. The monoisotopic (exact) mass is 342 g/mol. The minimum atomic E-state index is 0.247. The van der Waals surface area contributed by atoms with Crippen LogP contribution in [0.5, 0.6) is 0 Å². The summed E-state index contributed by atoms with van der Waals surface area (Å²) in [6.07, 6.45) is 5.49. The molecule has 0 radical (unpaired) electrons. The summed E-state index contributed by atoms with van der Waals surface area (Å²) < 4.78 is 1.27. The number of hydrogen-bond acceptors (Lipinski definition) is 3. The van der Waals surface area contributed by atoms with Crippen molar-refractivity contribution in [3.63, 3.8) is 0 Å². The third kappa shape index (κ3) is 2.78. The number of thiophene rings is 1.